The van der Waals surface area contributed by atoms with Crippen molar-refractivity contribution >= 4 is 33.0 Å². The molecule has 0 saturated carbocycles. The zero-order chi connectivity index (χ0) is 21.9. The second-order valence-electron chi connectivity index (χ2n) is 7.50. The summed E-state index contributed by atoms with van der Waals surface area (Å²) in [6, 6.07) is 35.8. The molecule has 3 heteroatoms. The van der Waals surface area contributed by atoms with Crippen LogP contribution < -0.4 is 0 Å². The largest absolute Gasteiger partial charge is 0.448 e. The number of esters is 1. The van der Waals surface area contributed by atoms with Gasteiger partial charge in [-0.05, 0) is 23.3 Å². The van der Waals surface area contributed by atoms with Gasteiger partial charge in [0.1, 0.15) is 0 Å². The average molecular weight is 479 g/mol. The molecule has 1 aliphatic heterocycles. The van der Waals surface area contributed by atoms with Crippen LogP contribution in [0.3, 0.4) is 0 Å². The molecule has 1 aliphatic rings. The van der Waals surface area contributed by atoms with E-state index in [0.717, 1.165) is 37.9 Å². The Balaban J connectivity index is 1.86. The number of halogens is 1. The molecule has 0 aliphatic carbocycles. The van der Waals surface area contributed by atoms with Gasteiger partial charge in [0, 0.05) is 26.7 Å². The third-order valence-corrected chi connectivity index (χ3v) is 6.22. The average Bonchev–Trinajstić information content (AvgIpc) is 2.85. The molecule has 0 spiro atoms. The molecule has 1 heterocycles. The van der Waals surface area contributed by atoms with E-state index in [0.29, 0.717) is 5.56 Å². The van der Waals surface area contributed by atoms with Crippen molar-refractivity contribution in [2.45, 2.75) is 6.10 Å². The molecule has 2 nitrogen and oxygen atoms in total. The summed E-state index contributed by atoms with van der Waals surface area (Å²) in [5.74, 6) is -0.326. The van der Waals surface area contributed by atoms with Crippen molar-refractivity contribution in [2.75, 3.05) is 0 Å². The third kappa shape index (κ3) is 3.85. The lowest BCUT2D eigenvalue weighted by molar-refractivity contribution is 0.0387. The number of rotatable bonds is 3. The minimum absolute atomic E-state index is 0.326. The second kappa shape index (κ2) is 8.84. The highest BCUT2D eigenvalue weighted by Crippen LogP contribution is 2.42. The predicted octanol–water partition coefficient (Wildman–Crippen LogP) is 7.48. The Morgan fingerprint density at radius 2 is 1.22 bits per heavy atom. The molecule has 1 atom stereocenters. The first-order valence-corrected chi connectivity index (χ1v) is 11.2. The van der Waals surface area contributed by atoms with Crippen molar-refractivity contribution in [1.29, 1.82) is 0 Å². The SMILES string of the molecule is O=C1OC(c2ccccc2Br)C(=C=C(c2ccccc2)c2ccccc2)c2ccccc21. The molecule has 0 amide bonds. The summed E-state index contributed by atoms with van der Waals surface area (Å²) in [4.78, 5) is 12.9. The summed E-state index contributed by atoms with van der Waals surface area (Å²) >= 11 is 3.64. The molecule has 0 fully saturated rings. The van der Waals surface area contributed by atoms with Gasteiger partial charge in [0.2, 0.25) is 0 Å². The van der Waals surface area contributed by atoms with Crippen molar-refractivity contribution in [3.63, 3.8) is 0 Å². The van der Waals surface area contributed by atoms with E-state index in [4.69, 9.17) is 4.74 Å². The highest BCUT2D eigenvalue weighted by Gasteiger charge is 2.33. The van der Waals surface area contributed by atoms with E-state index >= 15 is 0 Å². The van der Waals surface area contributed by atoms with Crippen molar-refractivity contribution in [3.8, 4) is 0 Å². The summed E-state index contributed by atoms with van der Waals surface area (Å²) in [6.45, 7) is 0. The predicted molar refractivity (Wildman–Crippen MR) is 131 cm³/mol. The van der Waals surface area contributed by atoms with Gasteiger partial charge in [0.15, 0.2) is 6.10 Å². The van der Waals surface area contributed by atoms with E-state index in [1.165, 1.54) is 0 Å². The van der Waals surface area contributed by atoms with Crippen LogP contribution >= 0.6 is 15.9 Å². The molecular weight excluding hydrogens is 460 g/mol. The van der Waals surface area contributed by atoms with Gasteiger partial charge in [0.05, 0.1) is 5.56 Å². The van der Waals surface area contributed by atoms with Gasteiger partial charge >= 0.3 is 5.97 Å². The Hall–Kier alpha value is -3.65. The van der Waals surface area contributed by atoms with E-state index in [1.54, 1.807) is 6.07 Å². The van der Waals surface area contributed by atoms with Crippen LogP contribution in [0.5, 0.6) is 0 Å². The number of fused-ring (bicyclic) bond motifs is 1. The Morgan fingerprint density at radius 3 is 1.84 bits per heavy atom. The molecule has 0 aromatic heterocycles. The summed E-state index contributed by atoms with van der Waals surface area (Å²) in [6.07, 6.45) is -0.574. The summed E-state index contributed by atoms with van der Waals surface area (Å²) in [7, 11) is 0. The first-order chi connectivity index (χ1) is 15.7. The zero-order valence-corrected chi connectivity index (χ0v) is 18.8. The van der Waals surface area contributed by atoms with Crippen molar-refractivity contribution in [3.05, 3.63) is 147 Å². The van der Waals surface area contributed by atoms with E-state index < -0.39 is 6.10 Å². The highest BCUT2D eigenvalue weighted by atomic mass is 79.9. The van der Waals surface area contributed by atoms with Gasteiger partial charge < -0.3 is 4.74 Å². The van der Waals surface area contributed by atoms with Crippen molar-refractivity contribution < 1.29 is 9.53 Å². The summed E-state index contributed by atoms with van der Waals surface area (Å²) < 4.78 is 6.87. The van der Waals surface area contributed by atoms with Gasteiger partial charge in [0.25, 0.3) is 0 Å². The fourth-order valence-corrected chi connectivity index (χ4v) is 4.45. The molecule has 4 aromatic carbocycles. The molecular formula is C29H19BrO2. The molecule has 0 N–H and O–H groups in total. The number of ether oxygens (including phenoxy) is 1. The van der Waals surface area contributed by atoms with E-state index in [9.17, 15) is 4.79 Å². The fraction of sp³-hybridized carbons (Fsp3) is 0.0345. The molecule has 0 radical (unpaired) electrons. The Labute approximate surface area is 195 Å². The molecule has 0 saturated heterocycles. The summed E-state index contributed by atoms with van der Waals surface area (Å²) in [5.41, 5.74) is 9.83. The minimum Gasteiger partial charge on any atom is -0.448 e. The normalized spacial score (nSPS) is 14.8. The van der Waals surface area contributed by atoms with Crippen LogP contribution in [-0.2, 0) is 4.74 Å². The zero-order valence-electron chi connectivity index (χ0n) is 17.2. The quantitative estimate of drug-likeness (QED) is 0.225. The molecule has 0 bridgehead atoms. The van der Waals surface area contributed by atoms with E-state index in [-0.39, 0.29) is 5.97 Å². The van der Waals surface area contributed by atoms with Crippen LogP contribution in [0.1, 0.15) is 38.7 Å². The van der Waals surface area contributed by atoms with Crippen LogP contribution in [0.15, 0.2) is 119 Å². The minimum atomic E-state index is -0.574. The van der Waals surface area contributed by atoms with Crippen LogP contribution in [0.4, 0.5) is 0 Å². The topological polar surface area (TPSA) is 26.3 Å². The van der Waals surface area contributed by atoms with Crippen LogP contribution in [0.2, 0.25) is 0 Å². The maximum absolute atomic E-state index is 12.9. The molecule has 154 valence electrons. The number of hydrogen-bond donors (Lipinski definition) is 0. The second-order valence-corrected chi connectivity index (χ2v) is 8.35. The molecule has 32 heavy (non-hydrogen) atoms. The Morgan fingerprint density at radius 1 is 0.688 bits per heavy atom. The Bertz CT molecular complexity index is 1310. The molecule has 1 unspecified atom stereocenters. The fourth-order valence-electron chi connectivity index (χ4n) is 3.96. The first kappa shape index (κ1) is 20.3. The van der Waals surface area contributed by atoms with E-state index in [2.05, 4.69) is 45.9 Å². The maximum Gasteiger partial charge on any atom is 0.339 e. The summed E-state index contributed by atoms with van der Waals surface area (Å²) in [5, 5.41) is 0. The number of cyclic esters (lactones) is 1. The lowest BCUT2D eigenvalue weighted by Crippen LogP contribution is -2.21. The number of benzene rings is 4. The monoisotopic (exact) mass is 478 g/mol. The number of carbonyl (C=O) groups excluding carboxylic acids is 1. The Kier molecular flexibility index (Phi) is 5.60. The van der Waals surface area contributed by atoms with Crippen LogP contribution in [-0.4, -0.2) is 5.97 Å². The highest BCUT2D eigenvalue weighted by molar-refractivity contribution is 9.10. The van der Waals surface area contributed by atoms with Crippen LogP contribution in [0, 0.1) is 0 Å². The number of carbonyl (C=O) groups is 1. The van der Waals surface area contributed by atoms with Gasteiger partial charge in [-0.25, -0.2) is 4.79 Å². The lowest BCUT2D eigenvalue weighted by atomic mass is 9.88. The van der Waals surface area contributed by atoms with Crippen molar-refractivity contribution in [1.82, 2.24) is 0 Å². The lowest BCUT2D eigenvalue weighted by Gasteiger charge is -2.27. The molecule has 4 aromatic rings. The third-order valence-electron chi connectivity index (χ3n) is 5.50. The van der Waals surface area contributed by atoms with Gasteiger partial charge in [-0.15, -0.1) is 5.73 Å². The smallest absolute Gasteiger partial charge is 0.339 e. The maximum atomic E-state index is 12.9. The van der Waals surface area contributed by atoms with Gasteiger partial charge in [-0.3, -0.25) is 0 Å². The number of hydrogen-bond acceptors (Lipinski definition) is 2. The molecule has 5 rings (SSSR count). The van der Waals surface area contributed by atoms with Crippen molar-refractivity contribution in [2.24, 2.45) is 0 Å². The standard InChI is InChI=1S/C29H19BrO2/c30-27-18-10-9-17-24(27)28-26(22-15-7-8-16-23(22)29(31)32-28)19-25(20-11-3-1-4-12-20)21-13-5-2-6-14-21/h1-18,28H. The van der Waals surface area contributed by atoms with Gasteiger partial charge in [-0.1, -0.05) is 113 Å². The first-order valence-electron chi connectivity index (χ1n) is 10.4. The van der Waals surface area contributed by atoms with E-state index in [1.807, 2.05) is 78.9 Å². The van der Waals surface area contributed by atoms with Crippen LogP contribution in [0.25, 0.3) is 11.1 Å². The van der Waals surface area contributed by atoms with Gasteiger partial charge in [-0.2, -0.15) is 0 Å².